The van der Waals surface area contributed by atoms with Crippen molar-refractivity contribution in [2.75, 3.05) is 18.0 Å². The molecule has 5 nitrogen and oxygen atoms in total. The zero-order chi connectivity index (χ0) is 13.7. The Labute approximate surface area is 112 Å². The van der Waals surface area contributed by atoms with E-state index in [1.807, 2.05) is 12.1 Å². The highest BCUT2D eigenvalue weighted by atomic mass is 16.4. The Bertz CT molecular complexity index is 478. The van der Waals surface area contributed by atoms with Gasteiger partial charge in [0.1, 0.15) is 11.8 Å². The molecule has 1 saturated heterocycles. The summed E-state index contributed by atoms with van der Waals surface area (Å²) in [6, 6.07) is 5.63. The molecule has 0 aromatic carbocycles. The number of pyridine rings is 1. The van der Waals surface area contributed by atoms with Gasteiger partial charge < -0.3 is 10.0 Å². The van der Waals surface area contributed by atoms with Crippen LogP contribution in [0.25, 0.3) is 0 Å². The fraction of sp³-hybridized carbons (Fsp3) is 0.500. The highest BCUT2D eigenvalue weighted by Crippen LogP contribution is 2.25. The SMILES string of the molecule is N#Cc1ccc(N2CCCC(CCC(=O)O)C2)cn1. The van der Waals surface area contributed by atoms with Crippen LogP contribution in [0.15, 0.2) is 18.3 Å². The molecule has 1 aliphatic rings. The molecule has 2 heterocycles. The summed E-state index contributed by atoms with van der Waals surface area (Å²) < 4.78 is 0. The lowest BCUT2D eigenvalue weighted by Gasteiger charge is -2.34. The topological polar surface area (TPSA) is 77.2 Å². The minimum atomic E-state index is -0.725. The number of carboxylic acids is 1. The Hall–Kier alpha value is -2.09. The summed E-state index contributed by atoms with van der Waals surface area (Å²) in [5, 5.41) is 17.5. The van der Waals surface area contributed by atoms with Crippen LogP contribution in [0.2, 0.25) is 0 Å². The molecular weight excluding hydrogens is 242 g/mol. The fourth-order valence-corrected chi connectivity index (χ4v) is 2.50. The molecule has 0 aliphatic carbocycles. The lowest BCUT2D eigenvalue weighted by molar-refractivity contribution is -0.137. The minimum absolute atomic E-state index is 0.240. The second-order valence-corrected chi connectivity index (χ2v) is 4.90. The van der Waals surface area contributed by atoms with Gasteiger partial charge in [-0.05, 0) is 37.3 Å². The molecule has 0 spiro atoms. The van der Waals surface area contributed by atoms with E-state index in [0.717, 1.165) is 38.0 Å². The Kier molecular flexibility index (Phi) is 4.35. The van der Waals surface area contributed by atoms with Crippen LogP contribution in [0.3, 0.4) is 0 Å². The molecule has 0 radical (unpaired) electrons. The molecule has 1 N–H and O–H groups in total. The zero-order valence-corrected chi connectivity index (χ0v) is 10.7. The summed E-state index contributed by atoms with van der Waals surface area (Å²) in [4.78, 5) is 16.9. The summed E-state index contributed by atoms with van der Waals surface area (Å²) in [5.41, 5.74) is 1.43. The van der Waals surface area contributed by atoms with E-state index < -0.39 is 5.97 Å². The number of rotatable bonds is 4. The Morgan fingerprint density at radius 1 is 1.58 bits per heavy atom. The third-order valence-electron chi connectivity index (χ3n) is 3.51. The van der Waals surface area contributed by atoms with Gasteiger partial charge in [-0.25, -0.2) is 4.98 Å². The van der Waals surface area contributed by atoms with Crippen molar-refractivity contribution in [1.82, 2.24) is 4.98 Å². The molecule has 1 fully saturated rings. The van der Waals surface area contributed by atoms with Gasteiger partial charge in [-0.2, -0.15) is 5.26 Å². The van der Waals surface area contributed by atoms with E-state index in [9.17, 15) is 4.79 Å². The fourth-order valence-electron chi connectivity index (χ4n) is 2.50. The van der Waals surface area contributed by atoms with Crippen molar-refractivity contribution in [1.29, 1.82) is 5.26 Å². The molecule has 1 unspecified atom stereocenters. The van der Waals surface area contributed by atoms with Crippen LogP contribution >= 0.6 is 0 Å². The summed E-state index contributed by atoms with van der Waals surface area (Å²) in [6.07, 6.45) is 4.86. The number of hydrogen-bond acceptors (Lipinski definition) is 4. The largest absolute Gasteiger partial charge is 0.481 e. The van der Waals surface area contributed by atoms with E-state index in [-0.39, 0.29) is 6.42 Å². The number of hydrogen-bond donors (Lipinski definition) is 1. The Morgan fingerprint density at radius 2 is 2.42 bits per heavy atom. The first-order valence-corrected chi connectivity index (χ1v) is 6.52. The normalized spacial score (nSPS) is 18.9. The van der Waals surface area contributed by atoms with Gasteiger partial charge in [0.25, 0.3) is 0 Å². The van der Waals surface area contributed by atoms with Crippen LogP contribution in [0.4, 0.5) is 5.69 Å². The maximum absolute atomic E-state index is 10.6. The van der Waals surface area contributed by atoms with Crippen molar-refractivity contribution < 1.29 is 9.90 Å². The second-order valence-electron chi connectivity index (χ2n) is 4.90. The number of carbonyl (C=O) groups is 1. The first kappa shape index (κ1) is 13.3. The third kappa shape index (κ3) is 3.68. The Balaban J connectivity index is 1.96. The van der Waals surface area contributed by atoms with Gasteiger partial charge in [-0.1, -0.05) is 0 Å². The van der Waals surface area contributed by atoms with Gasteiger partial charge in [-0.15, -0.1) is 0 Å². The molecule has 5 heteroatoms. The van der Waals surface area contributed by atoms with Crippen molar-refractivity contribution in [3.63, 3.8) is 0 Å². The first-order valence-electron chi connectivity index (χ1n) is 6.52. The van der Waals surface area contributed by atoms with Crippen LogP contribution in [0.5, 0.6) is 0 Å². The lowest BCUT2D eigenvalue weighted by Crippen LogP contribution is -2.35. The van der Waals surface area contributed by atoms with Crippen molar-refractivity contribution in [3.05, 3.63) is 24.0 Å². The summed E-state index contributed by atoms with van der Waals surface area (Å²) in [7, 11) is 0. The van der Waals surface area contributed by atoms with Crippen LogP contribution in [0.1, 0.15) is 31.4 Å². The van der Waals surface area contributed by atoms with E-state index in [2.05, 4.69) is 9.88 Å². The lowest BCUT2D eigenvalue weighted by atomic mass is 9.93. The second kappa shape index (κ2) is 6.19. The van der Waals surface area contributed by atoms with Crippen LogP contribution in [-0.2, 0) is 4.79 Å². The molecule has 0 amide bonds. The van der Waals surface area contributed by atoms with Crippen LogP contribution in [0, 0.1) is 17.2 Å². The van der Waals surface area contributed by atoms with E-state index in [1.165, 1.54) is 0 Å². The van der Waals surface area contributed by atoms with Crippen molar-refractivity contribution in [2.24, 2.45) is 5.92 Å². The van der Waals surface area contributed by atoms with Gasteiger partial charge in [-0.3, -0.25) is 4.79 Å². The molecule has 1 aliphatic heterocycles. The molecule has 1 aromatic rings. The number of piperidine rings is 1. The predicted molar refractivity (Wildman–Crippen MR) is 70.8 cm³/mol. The Morgan fingerprint density at radius 3 is 3.05 bits per heavy atom. The molecular formula is C14H17N3O2. The number of nitriles is 1. The maximum atomic E-state index is 10.6. The van der Waals surface area contributed by atoms with Crippen LogP contribution < -0.4 is 4.90 Å². The highest BCUT2D eigenvalue weighted by molar-refractivity contribution is 5.66. The third-order valence-corrected chi connectivity index (χ3v) is 3.51. The molecule has 0 bridgehead atoms. The number of carboxylic acid groups (broad SMARTS) is 1. The maximum Gasteiger partial charge on any atom is 0.303 e. The van der Waals surface area contributed by atoms with Gasteiger partial charge in [0.15, 0.2) is 0 Å². The number of nitrogens with zero attached hydrogens (tertiary/aromatic N) is 3. The van der Waals surface area contributed by atoms with E-state index in [0.29, 0.717) is 11.6 Å². The first-order chi connectivity index (χ1) is 9.19. The van der Waals surface area contributed by atoms with Gasteiger partial charge in [0.05, 0.1) is 11.9 Å². The minimum Gasteiger partial charge on any atom is -0.481 e. The summed E-state index contributed by atoms with van der Waals surface area (Å²) >= 11 is 0. The highest BCUT2D eigenvalue weighted by Gasteiger charge is 2.20. The van der Waals surface area contributed by atoms with Gasteiger partial charge in [0, 0.05) is 19.5 Å². The van der Waals surface area contributed by atoms with Gasteiger partial charge in [0.2, 0.25) is 0 Å². The standard InChI is InChI=1S/C14H17N3O2/c15-8-12-4-5-13(9-16-12)17-7-1-2-11(10-17)3-6-14(18)19/h4-5,9,11H,1-3,6-7,10H2,(H,18,19). The molecule has 2 rings (SSSR count). The van der Waals surface area contributed by atoms with Crippen molar-refractivity contribution in [3.8, 4) is 6.07 Å². The van der Waals surface area contributed by atoms with Crippen molar-refractivity contribution in [2.45, 2.75) is 25.7 Å². The van der Waals surface area contributed by atoms with Gasteiger partial charge >= 0.3 is 5.97 Å². The smallest absolute Gasteiger partial charge is 0.303 e. The monoisotopic (exact) mass is 259 g/mol. The quantitative estimate of drug-likeness (QED) is 0.895. The summed E-state index contributed by atoms with van der Waals surface area (Å²) in [5.74, 6) is -0.294. The number of aliphatic carboxylic acids is 1. The molecule has 0 saturated carbocycles. The average Bonchev–Trinajstić information content (AvgIpc) is 2.45. The molecule has 19 heavy (non-hydrogen) atoms. The predicted octanol–water partition coefficient (Wildman–Crippen LogP) is 2.03. The summed E-state index contributed by atoms with van der Waals surface area (Å²) in [6.45, 7) is 1.85. The molecule has 1 atom stereocenters. The van der Waals surface area contributed by atoms with Crippen molar-refractivity contribution >= 4 is 11.7 Å². The van der Waals surface area contributed by atoms with Crippen LogP contribution in [-0.4, -0.2) is 29.1 Å². The van der Waals surface area contributed by atoms with E-state index >= 15 is 0 Å². The zero-order valence-electron chi connectivity index (χ0n) is 10.7. The number of anilines is 1. The van der Waals surface area contributed by atoms with E-state index in [4.69, 9.17) is 10.4 Å². The van der Waals surface area contributed by atoms with E-state index in [1.54, 1.807) is 12.3 Å². The molecule has 100 valence electrons. The molecule has 1 aromatic heterocycles. The average molecular weight is 259 g/mol. The number of aromatic nitrogens is 1.